The Morgan fingerprint density at radius 1 is 1.03 bits per heavy atom. The third-order valence-electron chi connectivity index (χ3n) is 7.48. The Hall–Kier alpha value is -1.39. The molecule has 3 heterocycles. The maximum Gasteiger partial charge on any atom is 0.188 e. The van der Waals surface area contributed by atoms with E-state index >= 15 is 0 Å². The van der Waals surface area contributed by atoms with Crippen LogP contribution < -0.4 is 9.62 Å². The third-order valence-corrected chi connectivity index (χ3v) is 12.0. The van der Waals surface area contributed by atoms with Gasteiger partial charge >= 0.3 is 0 Å². The molecule has 1 aliphatic carbocycles. The second kappa shape index (κ2) is 9.66. The molecule has 1 unspecified atom stereocenters. The molecule has 2 aromatic carbocycles. The van der Waals surface area contributed by atoms with Crippen molar-refractivity contribution in [1.82, 2.24) is 14.7 Å². The Labute approximate surface area is 238 Å². The number of piperidine rings is 1. The SMILES string of the molecule is CC(C)(C)[S+]([O-])N[C@@H]1c2ccccc2CC12CCN(c1nc3sc(-c4cccc(Cl)c4Cl)nc3s1)CC2. The van der Waals surface area contributed by atoms with Crippen LogP contribution in [-0.2, 0) is 17.8 Å². The number of fused-ring (bicyclic) bond motifs is 2. The molecule has 1 N–H and O–H groups in total. The van der Waals surface area contributed by atoms with E-state index < -0.39 is 11.4 Å². The highest BCUT2D eigenvalue weighted by atomic mass is 35.5. The molecule has 1 spiro atoms. The normalized spacial score (nSPS) is 20.1. The smallest absolute Gasteiger partial charge is 0.188 e. The van der Waals surface area contributed by atoms with Crippen molar-refractivity contribution in [3.63, 3.8) is 0 Å². The van der Waals surface area contributed by atoms with Crippen LogP contribution in [0.25, 0.3) is 20.2 Å². The summed E-state index contributed by atoms with van der Waals surface area (Å²) >= 11 is 14.7. The minimum absolute atomic E-state index is 0.0600. The minimum atomic E-state index is -1.13. The van der Waals surface area contributed by atoms with E-state index in [1.54, 1.807) is 28.7 Å². The first-order valence-electron chi connectivity index (χ1n) is 12.4. The Kier molecular flexibility index (Phi) is 6.75. The van der Waals surface area contributed by atoms with Crippen LogP contribution in [0.2, 0.25) is 10.0 Å². The minimum Gasteiger partial charge on any atom is -0.598 e. The van der Waals surface area contributed by atoms with Crippen molar-refractivity contribution in [3.8, 4) is 10.6 Å². The summed E-state index contributed by atoms with van der Waals surface area (Å²) in [5, 5.41) is 2.92. The molecule has 0 amide bonds. The molecule has 194 valence electrons. The van der Waals surface area contributed by atoms with Gasteiger partial charge in [0, 0.05) is 35.4 Å². The fourth-order valence-electron chi connectivity index (χ4n) is 5.42. The first kappa shape index (κ1) is 25.9. The van der Waals surface area contributed by atoms with Crippen molar-refractivity contribution in [2.24, 2.45) is 5.41 Å². The van der Waals surface area contributed by atoms with Crippen LogP contribution in [-0.4, -0.2) is 32.4 Å². The summed E-state index contributed by atoms with van der Waals surface area (Å²) in [4.78, 5) is 14.0. The predicted molar refractivity (Wildman–Crippen MR) is 159 cm³/mol. The van der Waals surface area contributed by atoms with E-state index in [-0.39, 0.29) is 16.2 Å². The molecule has 1 fully saturated rings. The second-order valence-electron chi connectivity index (χ2n) is 10.9. The summed E-state index contributed by atoms with van der Waals surface area (Å²) in [5.74, 6) is 0. The van der Waals surface area contributed by atoms with Gasteiger partial charge in [-0.2, -0.15) is 0 Å². The average molecular weight is 592 g/mol. The van der Waals surface area contributed by atoms with Gasteiger partial charge < -0.3 is 9.45 Å². The number of aromatic nitrogens is 2. The lowest BCUT2D eigenvalue weighted by Gasteiger charge is -2.43. The molecule has 1 saturated heterocycles. The van der Waals surface area contributed by atoms with E-state index in [9.17, 15) is 4.55 Å². The van der Waals surface area contributed by atoms with E-state index in [0.717, 1.165) is 57.7 Å². The second-order valence-corrected chi connectivity index (χ2v) is 15.6. The number of rotatable bonds is 4. The third kappa shape index (κ3) is 4.69. The summed E-state index contributed by atoms with van der Waals surface area (Å²) in [6.45, 7) is 7.92. The lowest BCUT2D eigenvalue weighted by atomic mass is 9.73. The van der Waals surface area contributed by atoms with Crippen LogP contribution in [0.5, 0.6) is 0 Å². The first-order valence-corrected chi connectivity index (χ1v) is 15.9. The first-order chi connectivity index (χ1) is 17.6. The fraction of sp³-hybridized carbons (Fsp3) is 0.407. The van der Waals surface area contributed by atoms with E-state index in [1.165, 1.54) is 11.1 Å². The number of anilines is 1. The standard InChI is InChI=1S/C27H28Cl2N4OS3/c1-26(2,3)37(34)32-21-17-8-5-4-7-16(17)15-27(21)11-13-33(14-12-27)25-31-24-23(36-25)30-22(35-24)18-9-6-10-19(28)20(18)29/h4-10,21,32H,11-15H2,1-3H3/t21-,37?/m1/s1. The molecule has 2 aliphatic rings. The van der Waals surface area contributed by atoms with Gasteiger partial charge in [-0.05, 0) is 57.2 Å². The lowest BCUT2D eigenvalue weighted by Crippen LogP contribution is -2.49. The monoisotopic (exact) mass is 590 g/mol. The molecular formula is C27H28Cl2N4OS3. The van der Waals surface area contributed by atoms with Crippen molar-refractivity contribution in [3.05, 3.63) is 63.6 Å². The highest BCUT2D eigenvalue weighted by Gasteiger charge is 2.50. The van der Waals surface area contributed by atoms with Crippen molar-refractivity contribution >= 4 is 72.0 Å². The van der Waals surface area contributed by atoms with Gasteiger partial charge in [0.05, 0.1) is 16.1 Å². The highest BCUT2D eigenvalue weighted by molar-refractivity contribution is 7.90. The van der Waals surface area contributed by atoms with Crippen molar-refractivity contribution < 1.29 is 4.55 Å². The van der Waals surface area contributed by atoms with Crippen molar-refractivity contribution in [2.75, 3.05) is 18.0 Å². The largest absolute Gasteiger partial charge is 0.598 e. The van der Waals surface area contributed by atoms with Crippen LogP contribution in [0.15, 0.2) is 42.5 Å². The summed E-state index contributed by atoms with van der Waals surface area (Å²) in [5.41, 5.74) is 3.59. The van der Waals surface area contributed by atoms with Crippen LogP contribution >= 0.6 is 45.9 Å². The Bertz CT molecular complexity index is 1420. The van der Waals surface area contributed by atoms with Gasteiger partial charge in [-0.1, -0.05) is 82.3 Å². The molecule has 2 aromatic heterocycles. The van der Waals surface area contributed by atoms with Crippen molar-refractivity contribution in [1.29, 1.82) is 0 Å². The molecule has 10 heteroatoms. The highest BCUT2D eigenvalue weighted by Crippen LogP contribution is 2.53. The molecule has 0 bridgehead atoms. The zero-order chi connectivity index (χ0) is 25.9. The topological polar surface area (TPSA) is 64.1 Å². The zero-order valence-electron chi connectivity index (χ0n) is 20.9. The molecule has 5 nitrogen and oxygen atoms in total. The van der Waals surface area contributed by atoms with E-state index in [1.807, 2.05) is 32.9 Å². The van der Waals surface area contributed by atoms with Gasteiger partial charge in [-0.25, -0.2) is 9.97 Å². The van der Waals surface area contributed by atoms with Gasteiger partial charge in [0.25, 0.3) is 0 Å². The Morgan fingerprint density at radius 2 is 1.76 bits per heavy atom. The van der Waals surface area contributed by atoms with E-state index in [2.05, 4.69) is 33.9 Å². The van der Waals surface area contributed by atoms with Gasteiger partial charge in [0.1, 0.15) is 9.75 Å². The molecule has 6 rings (SSSR count). The molecule has 1 aliphatic heterocycles. The number of nitrogens with zero attached hydrogens (tertiary/aromatic N) is 3. The number of hydrogen-bond donors (Lipinski definition) is 1. The maximum atomic E-state index is 13.1. The zero-order valence-corrected chi connectivity index (χ0v) is 24.8. The Balaban J connectivity index is 1.22. The Morgan fingerprint density at radius 3 is 2.49 bits per heavy atom. The van der Waals surface area contributed by atoms with Crippen LogP contribution in [0, 0.1) is 5.41 Å². The van der Waals surface area contributed by atoms with Gasteiger partial charge in [-0.3, -0.25) is 0 Å². The van der Waals surface area contributed by atoms with Crippen LogP contribution in [0.4, 0.5) is 5.13 Å². The van der Waals surface area contributed by atoms with E-state index in [0.29, 0.717) is 10.0 Å². The molecular weight excluding hydrogens is 563 g/mol. The fourth-order valence-corrected chi connectivity index (χ4v) is 8.93. The molecule has 37 heavy (non-hydrogen) atoms. The number of benzene rings is 2. The summed E-state index contributed by atoms with van der Waals surface area (Å²) in [6, 6.07) is 14.4. The molecule has 2 atom stereocenters. The number of nitrogens with one attached hydrogen (secondary N) is 1. The maximum absolute atomic E-state index is 13.1. The number of thiazole rings is 2. The molecule has 4 aromatic rings. The lowest BCUT2D eigenvalue weighted by molar-refractivity contribution is 0.176. The quantitative estimate of drug-likeness (QED) is 0.247. The summed E-state index contributed by atoms with van der Waals surface area (Å²) in [6.07, 6.45) is 3.06. The van der Waals surface area contributed by atoms with Crippen molar-refractivity contribution in [2.45, 2.75) is 50.8 Å². The average Bonchev–Trinajstić information content (AvgIpc) is 3.52. The van der Waals surface area contributed by atoms with Gasteiger partial charge in [-0.15, -0.1) is 4.72 Å². The predicted octanol–water partition coefficient (Wildman–Crippen LogP) is 7.66. The van der Waals surface area contributed by atoms with Gasteiger partial charge in [0.15, 0.2) is 14.8 Å². The van der Waals surface area contributed by atoms with E-state index in [4.69, 9.17) is 33.2 Å². The summed E-state index contributed by atoms with van der Waals surface area (Å²) < 4.78 is 16.4. The molecule has 0 radical (unpaired) electrons. The molecule has 0 saturated carbocycles. The van der Waals surface area contributed by atoms with Crippen LogP contribution in [0.1, 0.15) is 50.8 Å². The van der Waals surface area contributed by atoms with Gasteiger partial charge in [0.2, 0.25) is 0 Å². The summed E-state index contributed by atoms with van der Waals surface area (Å²) in [7, 11) is 0. The number of halogens is 2. The number of hydrogen-bond acceptors (Lipinski definition) is 7. The van der Waals surface area contributed by atoms with Crippen LogP contribution in [0.3, 0.4) is 0 Å².